The van der Waals surface area contributed by atoms with Crippen LogP contribution in [0.5, 0.6) is 0 Å². The van der Waals surface area contributed by atoms with Crippen molar-refractivity contribution in [2.75, 3.05) is 10.8 Å². The maximum absolute atomic E-state index is 14.0. The van der Waals surface area contributed by atoms with Gasteiger partial charge in [0.2, 0.25) is 11.8 Å². The maximum atomic E-state index is 14.0. The molecule has 2 amide bonds. The van der Waals surface area contributed by atoms with Crippen LogP contribution in [0.2, 0.25) is 5.02 Å². The zero-order valence-corrected chi connectivity index (χ0v) is 23.7. The van der Waals surface area contributed by atoms with Gasteiger partial charge in [-0.15, -0.1) is 0 Å². The molecule has 0 heterocycles. The van der Waals surface area contributed by atoms with Gasteiger partial charge in [-0.05, 0) is 62.6 Å². The summed E-state index contributed by atoms with van der Waals surface area (Å²) in [5, 5.41) is 3.27. The lowest BCUT2D eigenvalue weighted by Gasteiger charge is -2.33. The summed E-state index contributed by atoms with van der Waals surface area (Å²) in [5.41, 5.74) is 1.87. The summed E-state index contributed by atoms with van der Waals surface area (Å²) < 4.78 is 28.7. The molecule has 0 aliphatic carbocycles. The number of anilines is 1. The van der Waals surface area contributed by atoms with Gasteiger partial charge in [0.25, 0.3) is 10.0 Å². The monoisotopic (exact) mass is 555 g/mol. The Bertz CT molecular complexity index is 1350. The van der Waals surface area contributed by atoms with E-state index in [4.69, 9.17) is 11.6 Å². The minimum atomic E-state index is -4.13. The molecule has 3 aromatic carbocycles. The van der Waals surface area contributed by atoms with Crippen molar-refractivity contribution in [3.8, 4) is 0 Å². The van der Waals surface area contributed by atoms with Crippen LogP contribution in [0.3, 0.4) is 0 Å². The van der Waals surface area contributed by atoms with E-state index in [2.05, 4.69) is 5.32 Å². The lowest BCUT2D eigenvalue weighted by atomic mass is 10.1. The van der Waals surface area contributed by atoms with Crippen molar-refractivity contribution in [1.29, 1.82) is 0 Å². The van der Waals surface area contributed by atoms with Gasteiger partial charge in [0.15, 0.2) is 0 Å². The maximum Gasteiger partial charge on any atom is 0.264 e. The molecule has 1 atom stereocenters. The molecule has 0 aliphatic rings. The van der Waals surface area contributed by atoms with E-state index in [9.17, 15) is 18.0 Å². The highest BCUT2D eigenvalue weighted by molar-refractivity contribution is 7.92. The molecule has 0 aliphatic heterocycles. The van der Waals surface area contributed by atoms with Gasteiger partial charge < -0.3 is 10.2 Å². The van der Waals surface area contributed by atoms with Crippen molar-refractivity contribution in [2.24, 2.45) is 0 Å². The number of benzene rings is 3. The molecule has 0 saturated heterocycles. The molecule has 9 heteroatoms. The van der Waals surface area contributed by atoms with Gasteiger partial charge in [-0.3, -0.25) is 13.9 Å². The van der Waals surface area contributed by atoms with Crippen LogP contribution in [0.15, 0.2) is 83.8 Å². The first-order valence-corrected chi connectivity index (χ1v) is 14.3. The summed E-state index contributed by atoms with van der Waals surface area (Å²) in [6.07, 6.45) is 0.360. The Balaban J connectivity index is 2.06. The Hall–Kier alpha value is -3.36. The number of rotatable bonds is 11. The van der Waals surface area contributed by atoms with Crippen LogP contribution in [-0.4, -0.2) is 43.8 Å². The topological polar surface area (TPSA) is 86.8 Å². The van der Waals surface area contributed by atoms with Crippen LogP contribution in [0.1, 0.15) is 38.3 Å². The molecule has 0 radical (unpaired) electrons. The zero-order valence-electron chi connectivity index (χ0n) is 22.1. The largest absolute Gasteiger partial charge is 0.352 e. The average molecular weight is 556 g/mol. The van der Waals surface area contributed by atoms with Gasteiger partial charge in [-0.2, -0.15) is 0 Å². The molecule has 38 heavy (non-hydrogen) atoms. The summed E-state index contributed by atoms with van der Waals surface area (Å²) in [5.74, 6) is -0.793. The Morgan fingerprint density at radius 1 is 0.947 bits per heavy atom. The van der Waals surface area contributed by atoms with E-state index in [0.717, 1.165) is 15.4 Å². The van der Waals surface area contributed by atoms with Crippen LogP contribution in [0.4, 0.5) is 5.69 Å². The van der Waals surface area contributed by atoms with Crippen LogP contribution in [0, 0.1) is 6.92 Å². The van der Waals surface area contributed by atoms with E-state index in [1.54, 1.807) is 30.3 Å². The lowest BCUT2D eigenvalue weighted by molar-refractivity contribution is -0.140. The molecule has 3 rings (SSSR count). The molecule has 0 saturated carbocycles. The van der Waals surface area contributed by atoms with Crippen LogP contribution >= 0.6 is 11.6 Å². The highest BCUT2D eigenvalue weighted by Gasteiger charge is 2.33. The number of nitrogens with one attached hydrogen (secondary N) is 1. The number of aryl methyl sites for hydroxylation is 1. The van der Waals surface area contributed by atoms with Gasteiger partial charge in [0.1, 0.15) is 12.6 Å². The summed E-state index contributed by atoms with van der Waals surface area (Å²) in [4.78, 5) is 28.6. The lowest BCUT2D eigenvalue weighted by Crippen LogP contribution is -2.53. The fourth-order valence-electron chi connectivity index (χ4n) is 4.07. The van der Waals surface area contributed by atoms with E-state index < -0.39 is 28.5 Å². The van der Waals surface area contributed by atoms with Crippen molar-refractivity contribution in [3.63, 3.8) is 0 Å². The predicted molar refractivity (Wildman–Crippen MR) is 152 cm³/mol. The van der Waals surface area contributed by atoms with Crippen molar-refractivity contribution in [2.45, 2.75) is 57.6 Å². The third-order valence-corrected chi connectivity index (χ3v) is 8.26. The molecule has 0 bridgehead atoms. The van der Waals surface area contributed by atoms with Gasteiger partial charge in [0, 0.05) is 17.6 Å². The standard InChI is InChI=1S/C29H34ClN3O4S/c1-5-27(29(35)31-21(2)3)32(19-23-12-8-6-9-13-23)28(34)20-33(24-17-16-22(4)26(30)18-24)38(36,37)25-14-10-7-11-15-25/h6-18,21,27H,5,19-20H2,1-4H3,(H,31,35)/t27-/m0/s1. The molecule has 202 valence electrons. The van der Waals surface area contributed by atoms with Gasteiger partial charge in [0.05, 0.1) is 10.6 Å². The molecular weight excluding hydrogens is 522 g/mol. The van der Waals surface area contributed by atoms with Crippen LogP contribution in [-0.2, 0) is 26.2 Å². The third-order valence-electron chi connectivity index (χ3n) is 6.07. The van der Waals surface area contributed by atoms with Crippen molar-refractivity contribution in [1.82, 2.24) is 10.2 Å². The molecule has 0 fully saturated rings. The zero-order chi connectivity index (χ0) is 27.9. The third kappa shape index (κ3) is 7.14. The summed E-state index contributed by atoms with van der Waals surface area (Å²) in [6, 6.07) is 21.2. The fraction of sp³-hybridized carbons (Fsp3) is 0.310. The predicted octanol–water partition coefficient (Wildman–Crippen LogP) is 5.18. The molecule has 0 unspecified atom stereocenters. The van der Waals surface area contributed by atoms with Gasteiger partial charge >= 0.3 is 0 Å². The Labute approximate surface area is 230 Å². The minimum absolute atomic E-state index is 0.0451. The highest BCUT2D eigenvalue weighted by Crippen LogP contribution is 2.28. The van der Waals surface area contributed by atoms with E-state index in [1.165, 1.54) is 23.1 Å². The van der Waals surface area contributed by atoms with Crippen molar-refractivity contribution in [3.05, 3.63) is 95.0 Å². The summed E-state index contributed by atoms with van der Waals surface area (Å²) in [6.45, 7) is 6.99. The molecule has 1 N–H and O–H groups in total. The number of amides is 2. The first kappa shape index (κ1) is 29.2. The first-order chi connectivity index (χ1) is 18.0. The number of sulfonamides is 1. The number of nitrogens with zero attached hydrogens (tertiary/aromatic N) is 2. The average Bonchev–Trinajstić information content (AvgIpc) is 2.89. The second-order valence-electron chi connectivity index (χ2n) is 9.35. The second-order valence-corrected chi connectivity index (χ2v) is 11.6. The smallest absolute Gasteiger partial charge is 0.264 e. The number of carbonyl (C=O) groups excluding carboxylic acids is 2. The number of hydrogen-bond acceptors (Lipinski definition) is 4. The molecule has 3 aromatic rings. The number of hydrogen-bond donors (Lipinski definition) is 1. The highest BCUT2D eigenvalue weighted by atomic mass is 35.5. The molecule has 7 nitrogen and oxygen atoms in total. The second kappa shape index (κ2) is 12.9. The Morgan fingerprint density at radius 2 is 1.55 bits per heavy atom. The summed E-state index contributed by atoms with van der Waals surface area (Å²) >= 11 is 6.35. The molecular formula is C29H34ClN3O4S. The number of halogens is 1. The SMILES string of the molecule is CC[C@@H](C(=O)NC(C)C)N(Cc1ccccc1)C(=O)CN(c1ccc(C)c(Cl)c1)S(=O)(=O)c1ccccc1. The fourth-order valence-corrected chi connectivity index (χ4v) is 5.67. The first-order valence-electron chi connectivity index (χ1n) is 12.5. The molecule has 0 spiro atoms. The van der Waals surface area contributed by atoms with Gasteiger partial charge in [-0.1, -0.05) is 73.1 Å². The minimum Gasteiger partial charge on any atom is -0.352 e. The molecule has 0 aromatic heterocycles. The quantitative estimate of drug-likeness (QED) is 0.353. The Kier molecular flexibility index (Phi) is 9.94. The van der Waals surface area contributed by atoms with E-state index in [0.29, 0.717) is 11.4 Å². The van der Waals surface area contributed by atoms with Crippen molar-refractivity contribution < 1.29 is 18.0 Å². The van der Waals surface area contributed by atoms with E-state index >= 15 is 0 Å². The Morgan fingerprint density at radius 3 is 2.11 bits per heavy atom. The van der Waals surface area contributed by atoms with Crippen LogP contribution in [0.25, 0.3) is 0 Å². The van der Waals surface area contributed by atoms with Crippen LogP contribution < -0.4 is 9.62 Å². The normalized spacial score (nSPS) is 12.2. The van der Waals surface area contributed by atoms with Gasteiger partial charge in [-0.25, -0.2) is 8.42 Å². The van der Waals surface area contributed by atoms with E-state index in [-0.39, 0.29) is 29.1 Å². The van der Waals surface area contributed by atoms with Crippen molar-refractivity contribution >= 4 is 39.1 Å². The number of carbonyl (C=O) groups is 2. The summed E-state index contributed by atoms with van der Waals surface area (Å²) in [7, 11) is -4.13. The van der Waals surface area contributed by atoms with E-state index in [1.807, 2.05) is 58.0 Å².